The second kappa shape index (κ2) is 9.77. The highest BCUT2D eigenvalue weighted by Gasteiger charge is 2.27. The van der Waals surface area contributed by atoms with Crippen LogP contribution in [0.15, 0.2) is 40.9 Å². The van der Waals surface area contributed by atoms with E-state index in [1.165, 1.54) is 39.3 Å². The highest BCUT2D eigenvalue weighted by atomic mass is 32.2. The molecule has 1 aromatic carbocycles. The van der Waals surface area contributed by atoms with Gasteiger partial charge in [0.25, 0.3) is 10.0 Å². The lowest BCUT2D eigenvalue weighted by Crippen LogP contribution is -2.31. The van der Waals surface area contributed by atoms with Crippen LogP contribution in [0, 0.1) is 5.82 Å². The van der Waals surface area contributed by atoms with E-state index < -0.39 is 27.3 Å². The zero-order valence-corrected chi connectivity index (χ0v) is 21.1. The maximum Gasteiger partial charge on any atom is 0.275 e. The van der Waals surface area contributed by atoms with Gasteiger partial charge >= 0.3 is 0 Å². The van der Waals surface area contributed by atoms with Crippen molar-refractivity contribution < 1.29 is 27.4 Å². The molecule has 0 spiro atoms. The van der Waals surface area contributed by atoms with Gasteiger partial charge in [0.2, 0.25) is 11.8 Å². The second-order valence-corrected chi connectivity index (χ2v) is 11.5. The van der Waals surface area contributed by atoms with Gasteiger partial charge in [-0.3, -0.25) is 4.79 Å². The molecule has 0 fully saturated rings. The first-order valence-corrected chi connectivity index (χ1v) is 12.7. The molecule has 34 heavy (non-hydrogen) atoms. The van der Waals surface area contributed by atoms with E-state index in [0.717, 1.165) is 17.5 Å². The van der Waals surface area contributed by atoms with Crippen molar-refractivity contribution in [1.29, 1.82) is 0 Å². The molecule has 0 saturated heterocycles. The molecule has 0 bridgehead atoms. The Bertz CT molecular complexity index is 1310. The predicted octanol–water partition coefficient (Wildman–Crippen LogP) is 3.75. The minimum atomic E-state index is -4.21. The molecule has 0 aliphatic heterocycles. The monoisotopic (exact) mass is 507 g/mol. The summed E-state index contributed by atoms with van der Waals surface area (Å²) in [6.07, 6.45) is 2.30. The Morgan fingerprint density at radius 3 is 2.56 bits per heavy atom. The molecule has 2 heterocycles. The number of hydrogen-bond donors (Lipinski definition) is 2. The fourth-order valence-electron chi connectivity index (χ4n) is 3.38. The number of nitrogens with one attached hydrogen (secondary N) is 1. The van der Waals surface area contributed by atoms with Gasteiger partial charge in [0.1, 0.15) is 16.4 Å². The maximum atomic E-state index is 14.5. The van der Waals surface area contributed by atoms with E-state index in [4.69, 9.17) is 4.74 Å². The molecule has 2 aromatic heterocycles. The van der Waals surface area contributed by atoms with Crippen LogP contribution in [-0.4, -0.2) is 36.5 Å². The summed E-state index contributed by atoms with van der Waals surface area (Å²) in [6, 6.07) is 5.93. The van der Waals surface area contributed by atoms with Crippen LogP contribution in [0.5, 0.6) is 5.88 Å². The number of aromatic nitrogens is 2. The van der Waals surface area contributed by atoms with Crippen molar-refractivity contribution in [3.8, 4) is 17.0 Å². The lowest BCUT2D eigenvalue weighted by molar-refractivity contribution is -0.118. The molecule has 0 atom stereocenters. The van der Waals surface area contributed by atoms with Crippen LogP contribution in [0.25, 0.3) is 11.1 Å². The Morgan fingerprint density at radius 1 is 1.26 bits per heavy atom. The summed E-state index contributed by atoms with van der Waals surface area (Å²) >= 11 is 0.775. The molecule has 182 valence electrons. The maximum absolute atomic E-state index is 14.5. The van der Waals surface area contributed by atoms with Crippen molar-refractivity contribution in [2.24, 2.45) is 0 Å². The number of halogens is 1. The number of thiazole rings is 1. The minimum Gasteiger partial charge on any atom is -0.481 e. The number of hydrogen-bond acceptors (Lipinski definition) is 8. The van der Waals surface area contributed by atoms with Crippen molar-refractivity contribution in [3.05, 3.63) is 58.6 Å². The predicted molar refractivity (Wildman–Crippen MR) is 127 cm³/mol. The van der Waals surface area contributed by atoms with E-state index in [1.54, 1.807) is 12.1 Å². The molecule has 3 aromatic rings. The van der Waals surface area contributed by atoms with Crippen LogP contribution < -0.4 is 9.46 Å². The van der Waals surface area contributed by atoms with Crippen molar-refractivity contribution >= 4 is 27.3 Å². The number of sulfonamides is 1. The standard InChI is InChI=1S/C23H26FN3O5S2/c1-13(2)16-9-15(24)10-17(14-6-7-25-20(8-14)32-5)18(16)11-19(28)27-34(30,31)21-12-26-22(33-21)23(3,4)29/h6-10,12-13,29H,11H2,1-5H3,(H,27,28). The SMILES string of the molecule is COc1cc(-c2cc(F)cc(C(C)C)c2CC(=O)NS(=O)(=O)c2cnc(C(C)(C)O)s2)ccn1. The number of carbonyl (C=O) groups excluding carboxylic acids is 1. The van der Waals surface area contributed by atoms with Crippen molar-refractivity contribution in [3.63, 3.8) is 0 Å². The summed E-state index contributed by atoms with van der Waals surface area (Å²) in [5.74, 6) is -1.07. The first-order valence-electron chi connectivity index (χ1n) is 10.4. The molecular weight excluding hydrogens is 481 g/mol. The van der Waals surface area contributed by atoms with Crippen molar-refractivity contribution in [2.45, 2.75) is 49.8 Å². The number of pyridine rings is 1. The lowest BCUT2D eigenvalue weighted by Gasteiger charge is -2.18. The van der Waals surface area contributed by atoms with Gasteiger partial charge in [-0.2, -0.15) is 0 Å². The quantitative estimate of drug-likeness (QED) is 0.477. The number of methoxy groups -OCH3 is 1. The van der Waals surface area contributed by atoms with Gasteiger partial charge in [-0.15, -0.1) is 11.3 Å². The number of amides is 1. The second-order valence-electron chi connectivity index (χ2n) is 8.51. The van der Waals surface area contributed by atoms with E-state index in [9.17, 15) is 22.7 Å². The topological polar surface area (TPSA) is 118 Å². The molecule has 8 nitrogen and oxygen atoms in total. The fraction of sp³-hybridized carbons (Fsp3) is 0.348. The van der Waals surface area contributed by atoms with Gasteiger partial charge in [-0.05, 0) is 60.2 Å². The average molecular weight is 508 g/mol. The van der Waals surface area contributed by atoms with E-state index >= 15 is 0 Å². The normalized spacial score (nSPS) is 12.1. The number of ether oxygens (including phenoxy) is 1. The average Bonchev–Trinajstić information content (AvgIpc) is 3.26. The van der Waals surface area contributed by atoms with Gasteiger partial charge in [0.05, 0.1) is 19.7 Å². The molecule has 2 N–H and O–H groups in total. The van der Waals surface area contributed by atoms with Crippen LogP contribution in [0.2, 0.25) is 0 Å². The van der Waals surface area contributed by atoms with E-state index in [1.807, 2.05) is 13.8 Å². The molecule has 0 aliphatic carbocycles. The van der Waals surface area contributed by atoms with E-state index in [-0.39, 0.29) is 21.6 Å². The van der Waals surface area contributed by atoms with E-state index in [0.29, 0.717) is 28.1 Å². The first-order chi connectivity index (χ1) is 15.8. The Labute approximate surface area is 201 Å². The van der Waals surface area contributed by atoms with Crippen LogP contribution in [0.4, 0.5) is 4.39 Å². The van der Waals surface area contributed by atoms with Gasteiger partial charge < -0.3 is 9.84 Å². The summed E-state index contributed by atoms with van der Waals surface area (Å²) in [6.45, 7) is 6.69. The fourth-order valence-corrected chi connectivity index (χ4v) is 5.50. The highest BCUT2D eigenvalue weighted by molar-refractivity contribution is 7.92. The van der Waals surface area contributed by atoms with Gasteiger partial charge in [0.15, 0.2) is 4.21 Å². The Hall–Kier alpha value is -2.89. The Balaban J connectivity index is 1.98. The third-order valence-electron chi connectivity index (χ3n) is 4.98. The van der Waals surface area contributed by atoms with Crippen LogP contribution in [-0.2, 0) is 26.8 Å². The zero-order valence-electron chi connectivity index (χ0n) is 19.4. The number of rotatable bonds is 8. The molecule has 0 radical (unpaired) electrons. The number of nitrogens with zero attached hydrogens (tertiary/aromatic N) is 2. The summed E-state index contributed by atoms with van der Waals surface area (Å²) in [5.41, 5.74) is 0.790. The summed E-state index contributed by atoms with van der Waals surface area (Å²) in [5, 5.41) is 10.3. The molecule has 0 saturated carbocycles. The third kappa shape index (κ3) is 5.78. The lowest BCUT2D eigenvalue weighted by atomic mass is 9.88. The van der Waals surface area contributed by atoms with Crippen LogP contribution in [0.1, 0.15) is 49.7 Å². The zero-order chi connectivity index (χ0) is 25.3. The third-order valence-corrected chi connectivity index (χ3v) is 8.13. The molecule has 3 rings (SSSR count). The molecule has 1 amide bonds. The van der Waals surface area contributed by atoms with Gasteiger partial charge in [-0.1, -0.05) is 13.8 Å². The molecular formula is C23H26FN3O5S2. The highest BCUT2D eigenvalue weighted by Crippen LogP contribution is 2.33. The minimum absolute atomic E-state index is 0.131. The van der Waals surface area contributed by atoms with Crippen molar-refractivity contribution in [2.75, 3.05) is 7.11 Å². The van der Waals surface area contributed by atoms with Crippen LogP contribution >= 0.6 is 11.3 Å². The number of carbonyl (C=O) groups is 1. The molecule has 11 heteroatoms. The number of aliphatic hydroxyl groups is 1. The van der Waals surface area contributed by atoms with Crippen LogP contribution in [0.3, 0.4) is 0 Å². The summed E-state index contributed by atoms with van der Waals surface area (Å²) in [7, 11) is -2.75. The Morgan fingerprint density at radius 2 is 1.97 bits per heavy atom. The molecule has 0 aliphatic rings. The smallest absolute Gasteiger partial charge is 0.275 e. The molecule has 0 unspecified atom stereocenters. The summed E-state index contributed by atoms with van der Waals surface area (Å²) < 4.78 is 47.0. The van der Waals surface area contributed by atoms with E-state index in [2.05, 4.69) is 14.7 Å². The van der Waals surface area contributed by atoms with Gasteiger partial charge in [-0.25, -0.2) is 27.5 Å². The first kappa shape index (κ1) is 25.7. The van der Waals surface area contributed by atoms with Gasteiger partial charge in [0, 0.05) is 12.3 Å². The largest absolute Gasteiger partial charge is 0.481 e. The Kier molecular flexibility index (Phi) is 7.39. The summed E-state index contributed by atoms with van der Waals surface area (Å²) in [4.78, 5) is 20.9. The van der Waals surface area contributed by atoms with Crippen molar-refractivity contribution in [1.82, 2.24) is 14.7 Å². The number of benzene rings is 1.